The van der Waals surface area contributed by atoms with Crippen LogP contribution in [-0.4, -0.2) is 50.8 Å². The highest BCUT2D eigenvalue weighted by Gasteiger charge is 2.12. The Balaban J connectivity index is 3.58. The molecule has 0 aliphatic rings. The molecule has 0 aliphatic heterocycles. The number of likely N-dealkylation sites (N-methyl/N-ethyl adjacent to an activating group) is 1. The first-order valence-electron chi connectivity index (χ1n) is 5.91. The van der Waals surface area contributed by atoms with Gasteiger partial charge in [0.05, 0.1) is 6.61 Å². The maximum absolute atomic E-state index is 5.07. The van der Waals surface area contributed by atoms with E-state index < -0.39 is 0 Å². The van der Waals surface area contributed by atoms with Gasteiger partial charge in [-0.05, 0) is 26.8 Å². The zero-order valence-electron chi connectivity index (χ0n) is 11.2. The summed E-state index contributed by atoms with van der Waals surface area (Å²) in [5.74, 6) is 0.714. The van der Waals surface area contributed by atoms with Gasteiger partial charge in [0.25, 0.3) is 0 Å². The summed E-state index contributed by atoms with van der Waals surface area (Å²) in [5.41, 5.74) is 0. The van der Waals surface area contributed by atoms with E-state index in [0.29, 0.717) is 18.0 Å². The Labute approximate surface area is 95.2 Å². The normalized spacial score (nSPS) is 16.0. The van der Waals surface area contributed by atoms with Crippen LogP contribution in [0.5, 0.6) is 0 Å². The maximum atomic E-state index is 5.07. The van der Waals surface area contributed by atoms with Crippen molar-refractivity contribution in [2.75, 3.05) is 33.9 Å². The molecular weight excluding hydrogens is 188 g/mol. The second kappa shape index (κ2) is 8.08. The van der Waals surface area contributed by atoms with E-state index in [1.807, 2.05) is 0 Å². The lowest BCUT2D eigenvalue weighted by Crippen LogP contribution is -2.41. The molecule has 0 rings (SSSR count). The number of nitrogens with one attached hydrogen (secondary N) is 1. The number of hydrogen-bond acceptors (Lipinski definition) is 3. The molecule has 0 spiro atoms. The number of hydrogen-bond donors (Lipinski definition) is 1. The first-order chi connectivity index (χ1) is 6.99. The molecule has 0 saturated heterocycles. The zero-order valence-corrected chi connectivity index (χ0v) is 11.2. The topological polar surface area (TPSA) is 24.5 Å². The summed E-state index contributed by atoms with van der Waals surface area (Å²) in [7, 11) is 3.93. The van der Waals surface area contributed by atoms with Gasteiger partial charge in [0.2, 0.25) is 0 Å². The van der Waals surface area contributed by atoms with Gasteiger partial charge in [0.1, 0.15) is 0 Å². The molecule has 0 aromatic heterocycles. The van der Waals surface area contributed by atoms with Crippen LogP contribution in [0.2, 0.25) is 0 Å². The molecule has 0 aromatic carbocycles. The third-order valence-corrected chi connectivity index (χ3v) is 3.03. The van der Waals surface area contributed by atoms with Gasteiger partial charge >= 0.3 is 0 Å². The van der Waals surface area contributed by atoms with Crippen LogP contribution in [-0.2, 0) is 4.74 Å². The first kappa shape index (κ1) is 14.9. The Morgan fingerprint density at radius 3 is 2.27 bits per heavy atom. The fourth-order valence-electron chi connectivity index (χ4n) is 1.51. The van der Waals surface area contributed by atoms with Gasteiger partial charge in [-0.1, -0.05) is 13.8 Å². The van der Waals surface area contributed by atoms with E-state index in [4.69, 9.17) is 4.74 Å². The van der Waals surface area contributed by atoms with Crippen LogP contribution < -0.4 is 5.32 Å². The van der Waals surface area contributed by atoms with Crippen molar-refractivity contribution in [3.63, 3.8) is 0 Å². The molecule has 0 fully saturated rings. The predicted octanol–water partition coefficient (Wildman–Crippen LogP) is 1.59. The Hall–Kier alpha value is -0.120. The van der Waals surface area contributed by atoms with E-state index >= 15 is 0 Å². The van der Waals surface area contributed by atoms with Crippen molar-refractivity contribution in [2.45, 2.75) is 39.8 Å². The lowest BCUT2D eigenvalue weighted by molar-refractivity contribution is 0.164. The SMILES string of the molecule is COCC(C)NCCN(C)C(C)C(C)C. The van der Waals surface area contributed by atoms with Gasteiger partial charge in [0.15, 0.2) is 0 Å². The number of methoxy groups -OCH3 is 1. The molecule has 2 unspecified atom stereocenters. The van der Waals surface area contributed by atoms with Crippen LogP contribution in [0.25, 0.3) is 0 Å². The van der Waals surface area contributed by atoms with Gasteiger partial charge in [0, 0.05) is 32.3 Å². The summed E-state index contributed by atoms with van der Waals surface area (Å²) < 4.78 is 5.07. The fraction of sp³-hybridized carbons (Fsp3) is 1.00. The molecule has 0 saturated carbocycles. The number of rotatable bonds is 8. The van der Waals surface area contributed by atoms with Crippen LogP contribution in [0, 0.1) is 5.92 Å². The summed E-state index contributed by atoms with van der Waals surface area (Å²) in [6.45, 7) is 11.9. The molecule has 0 heterocycles. The Kier molecular flexibility index (Phi) is 8.02. The second-order valence-corrected chi connectivity index (χ2v) is 4.78. The average Bonchev–Trinajstić information content (AvgIpc) is 2.16. The molecule has 3 nitrogen and oxygen atoms in total. The highest BCUT2D eigenvalue weighted by atomic mass is 16.5. The third-order valence-electron chi connectivity index (χ3n) is 3.03. The van der Waals surface area contributed by atoms with Crippen molar-refractivity contribution in [2.24, 2.45) is 5.92 Å². The quantitative estimate of drug-likeness (QED) is 0.667. The van der Waals surface area contributed by atoms with E-state index in [1.165, 1.54) is 0 Å². The van der Waals surface area contributed by atoms with Gasteiger partial charge in [-0.25, -0.2) is 0 Å². The zero-order chi connectivity index (χ0) is 11.8. The van der Waals surface area contributed by atoms with E-state index in [9.17, 15) is 0 Å². The molecule has 0 amide bonds. The summed E-state index contributed by atoms with van der Waals surface area (Å²) >= 11 is 0. The molecular formula is C12H28N2O. The Morgan fingerprint density at radius 1 is 1.20 bits per heavy atom. The second-order valence-electron chi connectivity index (χ2n) is 4.78. The molecule has 0 radical (unpaired) electrons. The summed E-state index contributed by atoms with van der Waals surface area (Å²) in [6.07, 6.45) is 0. The smallest absolute Gasteiger partial charge is 0.0613 e. The lowest BCUT2D eigenvalue weighted by atomic mass is 10.1. The highest BCUT2D eigenvalue weighted by molar-refractivity contribution is 4.68. The molecule has 92 valence electrons. The van der Waals surface area contributed by atoms with Gasteiger partial charge in [-0.15, -0.1) is 0 Å². The fourth-order valence-corrected chi connectivity index (χ4v) is 1.51. The van der Waals surface area contributed by atoms with Crippen LogP contribution in [0.3, 0.4) is 0 Å². The molecule has 0 aliphatic carbocycles. The van der Waals surface area contributed by atoms with E-state index in [-0.39, 0.29) is 0 Å². The van der Waals surface area contributed by atoms with Crippen molar-refractivity contribution in [1.29, 1.82) is 0 Å². The van der Waals surface area contributed by atoms with E-state index in [1.54, 1.807) is 7.11 Å². The molecule has 3 heteroatoms. The number of ether oxygens (including phenoxy) is 1. The minimum atomic E-state index is 0.442. The number of nitrogens with zero attached hydrogens (tertiary/aromatic N) is 1. The summed E-state index contributed by atoms with van der Waals surface area (Å²) in [6, 6.07) is 1.09. The molecule has 0 aromatic rings. The van der Waals surface area contributed by atoms with Crippen molar-refractivity contribution in [1.82, 2.24) is 10.2 Å². The van der Waals surface area contributed by atoms with Gasteiger partial charge in [-0.3, -0.25) is 0 Å². The standard InChI is InChI=1S/C12H28N2O/c1-10(2)12(4)14(5)8-7-13-11(3)9-15-6/h10-13H,7-9H2,1-6H3. The lowest BCUT2D eigenvalue weighted by Gasteiger charge is -2.28. The van der Waals surface area contributed by atoms with Crippen molar-refractivity contribution in [3.05, 3.63) is 0 Å². The first-order valence-corrected chi connectivity index (χ1v) is 5.91. The third kappa shape index (κ3) is 6.88. The monoisotopic (exact) mass is 216 g/mol. The van der Waals surface area contributed by atoms with E-state index in [0.717, 1.165) is 19.7 Å². The van der Waals surface area contributed by atoms with Crippen LogP contribution >= 0.6 is 0 Å². The molecule has 2 atom stereocenters. The molecule has 15 heavy (non-hydrogen) atoms. The summed E-state index contributed by atoms with van der Waals surface area (Å²) in [5, 5.41) is 3.44. The van der Waals surface area contributed by atoms with Crippen molar-refractivity contribution >= 4 is 0 Å². The van der Waals surface area contributed by atoms with Crippen molar-refractivity contribution < 1.29 is 4.74 Å². The molecule has 0 bridgehead atoms. The minimum absolute atomic E-state index is 0.442. The van der Waals surface area contributed by atoms with E-state index in [2.05, 4.69) is 45.0 Å². The maximum Gasteiger partial charge on any atom is 0.0613 e. The summed E-state index contributed by atoms with van der Waals surface area (Å²) in [4.78, 5) is 2.40. The van der Waals surface area contributed by atoms with Gasteiger partial charge in [-0.2, -0.15) is 0 Å². The largest absolute Gasteiger partial charge is 0.383 e. The Morgan fingerprint density at radius 2 is 1.80 bits per heavy atom. The van der Waals surface area contributed by atoms with Crippen LogP contribution in [0.4, 0.5) is 0 Å². The minimum Gasteiger partial charge on any atom is -0.383 e. The molecule has 1 N–H and O–H groups in total. The van der Waals surface area contributed by atoms with Crippen molar-refractivity contribution in [3.8, 4) is 0 Å². The van der Waals surface area contributed by atoms with Crippen LogP contribution in [0.15, 0.2) is 0 Å². The highest BCUT2D eigenvalue weighted by Crippen LogP contribution is 2.06. The van der Waals surface area contributed by atoms with Gasteiger partial charge < -0.3 is 15.0 Å². The Bertz CT molecular complexity index is 151. The predicted molar refractivity (Wildman–Crippen MR) is 66.3 cm³/mol. The average molecular weight is 216 g/mol. The van der Waals surface area contributed by atoms with Crippen LogP contribution in [0.1, 0.15) is 27.7 Å².